The Balaban J connectivity index is 3.41. The first-order valence-electron chi connectivity index (χ1n) is 5.98. The van der Waals surface area contributed by atoms with Crippen molar-refractivity contribution in [3.8, 4) is 0 Å². The number of hydrogen-bond donors (Lipinski definition) is 0. The summed E-state index contributed by atoms with van der Waals surface area (Å²) in [6.45, 7) is 12.0. The van der Waals surface area contributed by atoms with Crippen LogP contribution in [0.2, 0.25) is 0 Å². The van der Waals surface area contributed by atoms with Crippen molar-refractivity contribution in [3.63, 3.8) is 0 Å². The van der Waals surface area contributed by atoms with Gasteiger partial charge in [-0.25, -0.2) is 0 Å². The molecule has 0 N–H and O–H groups in total. The van der Waals surface area contributed by atoms with E-state index in [9.17, 15) is 4.79 Å². The van der Waals surface area contributed by atoms with Crippen LogP contribution >= 0.6 is 0 Å². The largest absolute Gasteiger partial charge is 0.466 e. The standard InChI is InChI=1S/C12H25NO2/c1-5-13(6-2)8-7-9-15-12(14)10-11(3)4/h11H,5-10H2,1-4H3. The first-order chi connectivity index (χ1) is 7.10. The lowest BCUT2D eigenvalue weighted by Crippen LogP contribution is -2.25. The summed E-state index contributed by atoms with van der Waals surface area (Å²) in [6.07, 6.45) is 1.47. The van der Waals surface area contributed by atoms with E-state index >= 15 is 0 Å². The molecule has 0 spiro atoms. The third kappa shape index (κ3) is 8.43. The van der Waals surface area contributed by atoms with Crippen molar-refractivity contribution >= 4 is 5.97 Å². The van der Waals surface area contributed by atoms with Crippen LogP contribution in [0.1, 0.15) is 40.5 Å². The molecule has 0 unspecified atom stereocenters. The first-order valence-corrected chi connectivity index (χ1v) is 5.98. The van der Waals surface area contributed by atoms with Crippen molar-refractivity contribution < 1.29 is 9.53 Å². The van der Waals surface area contributed by atoms with Crippen LogP contribution in [0.4, 0.5) is 0 Å². The molecule has 0 amide bonds. The zero-order valence-corrected chi connectivity index (χ0v) is 10.6. The van der Waals surface area contributed by atoms with Gasteiger partial charge in [0, 0.05) is 13.0 Å². The zero-order chi connectivity index (χ0) is 11.7. The van der Waals surface area contributed by atoms with Crippen molar-refractivity contribution in [1.82, 2.24) is 4.90 Å². The van der Waals surface area contributed by atoms with Gasteiger partial charge in [-0.15, -0.1) is 0 Å². The van der Waals surface area contributed by atoms with Crippen LogP contribution in [-0.4, -0.2) is 37.1 Å². The van der Waals surface area contributed by atoms with Crippen molar-refractivity contribution in [1.29, 1.82) is 0 Å². The summed E-state index contributed by atoms with van der Waals surface area (Å²) in [5, 5.41) is 0. The molecule has 0 aliphatic heterocycles. The van der Waals surface area contributed by atoms with Crippen molar-refractivity contribution in [2.45, 2.75) is 40.5 Å². The number of hydrogen-bond acceptors (Lipinski definition) is 3. The van der Waals surface area contributed by atoms with E-state index < -0.39 is 0 Å². The van der Waals surface area contributed by atoms with Gasteiger partial charge in [0.2, 0.25) is 0 Å². The van der Waals surface area contributed by atoms with E-state index in [-0.39, 0.29) is 5.97 Å². The predicted molar refractivity (Wildman–Crippen MR) is 62.8 cm³/mol. The lowest BCUT2D eigenvalue weighted by Gasteiger charge is -2.17. The number of esters is 1. The topological polar surface area (TPSA) is 29.5 Å². The van der Waals surface area contributed by atoms with Crippen LogP contribution in [0.15, 0.2) is 0 Å². The molecule has 0 saturated carbocycles. The summed E-state index contributed by atoms with van der Waals surface area (Å²) in [4.78, 5) is 13.5. The maximum absolute atomic E-state index is 11.2. The maximum Gasteiger partial charge on any atom is 0.306 e. The summed E-state index contributed by atoms with van der Waals surface area (Å²) in [5.74, 6) is 0.324. The Hall–Kier alpha value is -0.570. The SMILES string of the molecule is CCN(CC)CCCOC(=O)CC(C)C. The van der Waals surface area contributed by atoms with Crippen LogP contribution < -0.4 is 0 Å². The van der Waals surface area contributed by atoms with Gasteiger partial charge < -0.3 is 9.64 Å². The number of carbonyl (C=O) groups excluding carboxylic acids is 1. The fraction of sp³-hybridized carbons (Fsp3) is 0.917. The average molecular weight is 215 g/mol. The normalized spacial score (nSPS) is 11.1. The molecule has 3 heteroatoms. The number of nitrogens with zero attached hydrogens (tertiary/aromatic N) is 1. The zero-order valence-electron chi connectivity index (χ0n) is 10.6. The Bertz CT molecular complexity index is 165. The smallest absolute Gasteiger partial charge is 0.306 e. The molecule has 0 bridgehead atoms. The van der Waals surface area contributed by atoms with E-state index in [1.165, 1.54) is 0 Å². The molecule has 0 aromatic heterocycles. The molecule has 0 aliphatic carbocycles. The van der Waals surface area contributed by atoms with Crippen molar-refractivity contribution in [2.75, 3.05) is 26.2 Å². The lowest BCUT2D eigenvalue weighted by molar-refractivity contribution is -0.144. The Morgan fingerprint density at radius 1 is 1.27 bits per heavy atom. The highest BCUT2D eigenvalue weighted by Crippen LogP contribution is 2.01. The third-order valence-electron chi connectivity index (χ3n) is 2.35. The summed E-state index contributed by atoms with van der Waals surface area (Å²) >= 11 is 0. The van der Waals surface area contributed by atoms with E-state index in [1.54, 1.807) is 0 Å². The van der Waals surface area contributed by atoms with Crippen molar-refractivity contribution in [2.24, 2.45) is 5.92 Å². The van der Waals surface area contributed by atoms with E-state index in [0.717, 1.165) is 26.1 Å². The van der Waals surface area contributed by atoms with Gasteiger partial charge in [0.15, 0.2) is 0 Å². The molecule has 15 heavy (non-hydrogen) atoms. The molecule has 0 fully saturated rings. The predicted octanol–water partition coefficient (Wildman–Crippen LogP) is 2.31. The van der Waals surface area contributed by atoms with Crippen LogP contribution in [0.25, 0.3) is 0 Å². The van der Waals surface area contributed by atoms with Crippen LogP contribution in [0.5, 0.6) is 0 Å². The molecule has 90 valence electrons. The number of carbonyl (C=O) groups is 1. The molecule has 0 radical (unpaired) electrons. The summed E-state index contributed by atoms with van der Waals surface area (Å²) in [5.41, 5.74) is 0. The number of rotatable bonds is 8. The van der Waals surface area contributed by atoms with E-state index in [2.05, 4.69) is 18.7 Å². The third-order valence-corrected chi connectivity index (χ3v) is 2.35. The second kappa shape index (κ2) is 8.72. The Morgan fingerprint density at radius 3 is 2.33 bits per heavy atom. The van der Waals surface area contributed by atoms with Crippen LogP contribution in [0.3, 0.4) is 0 Å². The molecule has 3 nitrogen and oxygen atoms in total. The van der Waals surface area contributed by atoms with E-state index in [4.69, 9.17) is 4.74 Å². The molecule has 0 aromatic rings. The van der Waals surface area contributed by atoms with Crippen LogP contribution in [0, 0.1) is 5.92 Å². The fourth-order valence-corrected chi connectivity index (χ4v) is 1.41. The van der Waals surface area contributed by atoms with Gasteiger partial charge in [0.05, 0.1) is 6.61 Å². The molecule has 0 rings (SSSR count). The molecule has 0 saturated heterocycles. The van der Waals surface area contributed by atoms with Gasteiger partial charge in [0.1, 0.15) is 0 Å². The summed E-state index contributed by atoms with van der Waals surface area (Å²) < 4.78 is 5.13. The molecule has 0 aliphatic rings. The quantitative estimate of drug-likeness (QED) is 0.459. The molecular formula is C12H25NO2. The van der Waals surface area contributed by atoms with Gasteiger partial charge in [-0.3, -0.25) is 4.79 Å². The minimum absolute atomic E-state index is 0.0652. The fourth-order valence-electron chi connectivity index (χ4n) is 1.41. The van der Waals surface area contributed by atoms with Crippen molar-refractivity contribution in [3.05, 3.63) is 0 Å². The molecule has 0 atom stereocenters. The minimum atomic E-state index is -0.0652. The maximum atomic E-state index is 11.2. The summed E-state index contributed by atoms with van der Waals surface area (Å²) in [6, 6.07) is 0. The van der Waals surface area contributed by atoms with Gasteiger partial charge >= 0.3 is 5.97 Å². The minimum Gasteiger partial charge on any atom is -0.466 e. The van der Waals surface area contributed by atoms with E-state index in [0.29, 0.717) is 18.9 Å². The molecule has 0 heterocycles. The van der Waals surface area contributed by atoms with Crippen LogP contribution in [-0.2, 0) is 9.53 Å². The average Bonchev–Trinajstić information content (AvgIpc) is 2.17. The second-order valence-electron chi connectivity index (χ2n) is 4.20. The van der Waals surface area contributed by atoms with Gasteiger partial charge in [0.25, 0.3) is 0 Å². The molecule has 0 aromatic carbocycles. The summed E-state index contributed by atoms with van der Waals surface area (Å²) in [7, 11) is 0. The Labute approximate surface area is 93.8 Å². The highest BCUT2D eigenvalue weighted by atomic mass is 16.5. The monoisotopic (exact) mass is 215 g/mol. The number of ether oxygens (including phenoxy) is 1. The lowest BCUT2D eigenvalue weighted by atomic mass is 10.1. The van der Waals surface area contributed by atoms with Gasteiger partial charge in [-0.05, 0) is 25.4 Å². The Kier molecular flexibility index (Phi) is 8.38. The Morgan fingerprint density at radius 2 is 1.87 bits per heavy atom. The van der Waals surface area contributed by atoms with Gasteiger partial charge in [-0.2, -0.15) is 0 Å². The molecular weight excluding hydrogens is 190 g/mol. The highest BCUT2D eigenvalue weighted by Gasteiger charge is 2.05. The first kappa shape index (κ1) is 14.4. The second-order valence-corrected chi connectivity index (χ2v) is 4.20. The highest BCUT2D eigenvalue weighted by molar-refractivity contribution is 5.69. The van der Waals surface area contributed by atoms with Gasteiger partial charge in [-0.1, -0.05) is 27.7 Å². The van der Waals surface area contributed by atoms with E-state index in [1.807, 2.05) is 13.8 Å².